The molecule has 0 bridgehead atoms. The largest absolute Gasteiger partial charge is 0.490 e. The van der Waals surface area contributed by atoms with E-state index in [0.717, 1.165) is 40.3 Å². The number of imide groups is 1. The fourth-order valence-electron chi connectivity index (χ4n) is 6.43. The molecule has 4 aromatic rings. The highest BCUT2D eigenvalue weighted by Crippen LogP contribution is 2.36. The van der Waals surface area contributed by atoms with Crippen LogP contribution in [0.25, 0.3) is 0 Å². The van der Waals surface area contributed by atoms with E-state index >= 15 is 0 Å². The quantitative estimate of drug-likeness (QED) is 0.102. The van der Waals surface area contributed by atoms with Gasteiger partial charge in [-0.25, -0.2) is 4.98 Å². The Kier molecular flexibility index (Phi) is 10.2. The molecule has 1 aliphatic carbocycles. The molecular weight excluding hydrogens is 646 g/mol. The number of nitrogens with zero attached hydrogens (tertiary/aromatic N) is 3. The van der Waals surface area contributed by atoms with Gasteiger partial charge in [0.1, 0.15) is 23.6 Å². The van der Waals surface area contributed by atoms with Crippen molar-refractivity contribution in [2.24, 2.45) is 0 Å². The van der Waals surface area contributed by atoms with E-state index in [2.05, 4.69) is 53.2 Å². The summed E-state index contributed by atoms with van der Waals surface area (Å²) >= 11 is 0. The second-order valence-electron chi connectivity index (χ2n) is 13.5. The molecule has 2 heterocycles. The van der Waals surface area contributed by atoms with Crippen LogP contribution in [-0.4, -0.2) is 62.9 Å². The molecule has 1 saturated carbocycles. The van der Waals surface area contributed by atoms with Crippen LogP contribution in [-0.2, 0) is 10.2 Å². The summed E-state index contributed by atoms with van der Waals surface area (Å²) in [6.45, 7) is 9.67. The van der Waals surface area contributed by atoms with Crippen molar-refractivity contribution in [2.45, 2.75) is 76.2 Å². The SMILES string of the molecule is C=CCCC(C(=O)NC)N1C(=O)c2ccc(NC3CC(Oc4ccc(C(C)(C)c5ccc(Oc6cnc(C(C)O)cn6)cc5)cc4)C3)cc2C1=O. The summed E-state index contributed by atoms with van der Waals surface area (Å²) in [5, 5.41) is 15.7. The molecule has 1 aromatic heterocycles. The third-order valence-corrected chi connectivity index (χ3v) is 9.64. The fraction of sp³-hybridized carbons (Fsp3) is 0.325. The van der Waals surface area contributed by atoms with Crippen molar-refractivity contribution in [1.82, 2.24) is 20.2 Å². The summed E-state index contributed by atoms with van der Waals surface area (Å²) in [5.41, 5.74) is 3.82. The number of aliphatic hydroxyl groups is 1. The number of allylic oxidation sites excluding steroid dienone is 1. The van der Waals surface area contributed by atoms with Crippen LogP contribution in [0.5, 0.6) is 17.4 Å². The minimum atomic E-state index is -0.892. The van der Waals surface area contributed by atoms with E-state index in [1.165, 1.54) is 19.4 Å². The minimum Gasteiger partial charge on any atom is -0.490 e. The Morgan fingerprint density at radius 1 is 0.980 bits per heavy atom. The van der Waals surface area contributed by atoms with Crippen LogP contribution in [0.1, 0.15) is 90.1 Å². The average molecular weight is 690 g/mol. The van der Waals surface area contributed by atoms with E-state index in [9.17, 15) is 19.5 Å². The molecule has 11 nitrogen and oxygen atoms in total. The molecule has 2 unspecified atom stereocenters. The van der Waals surface area contributed by atoms with Crippen LogP contribution in [0.15, 0.2) is 91.8 Å². The molecule has 2 aliphatic rings. The number of rotatable bonds is 14. The van der Waals surface area contributed by atoms with E-state index in [1.54, 1.807) is 31.2 Å². The predicted molar refractivity (Wildman–Crippen MR) is 193 cm³/mol. The van der Waals surface area contributed by atoms with E-state index in [1.807, 2.05) is 36.4 Å². The number of carbonyl (C=O) groups is 3. The summed E-state index contributed by atoms with van der Waals surface area (Å²) in [7, 11) is 1.49. The van der Waals surface area contributed by atoms with Crippen molar-refractivity contribution in [3.05, 3.63) is 120 Å². The normalized spacial score (nSPS) is 17.9. The third kappa shape index (κ3) is 7.48. The number of aromatic nitrogens is 2. The monoisotopic (exact) mass is 689 g/mol. The maximum atomic E-state index is 13.3. The molecule has 0 radical (unpaired) electrons. The van der Waals surface area contributed by atoms with Crippen molar-refractivity contribution in [1.29, 1.82) is 0 Å². The number of fused-ring (bicyclic) bond motifs is 1. The van der Waals surface area contributed by atoms with Crippen molar-refractivity contribution in [2.75, 3.05) is 12.4 Å². The van der Waals surface area contributed by atoms with Gasteiger partial charge in [-0.3, -0.25) is 24.3 Å². The van der Waals surface area contributed by atoms with Gasteiger partial charge in [0.25, 0.3) is 11.8 Å². The molecule has 1 fully saturated rings. The van der Waals surface area contributed by atoms with Crippen molar-refractivity contribution in [3.8, 4) is 17.4 Å². The van der Waals surface area contributed by atoms with Gasteiger partial charge < -0.3 is 25.2 Å². The Bertz CT molecular complexity index is 1900. The first-order chi connectivity index (χ1) is 24.5. The number of hydrogen-bond donors (Lipinski definition) is 3. The Morgan fingerprint density at radius 3 is 2.22 bits per heavy atom. The topological polar surface area (TPSA) is 143 Å². The van der Waals surface area contributed by atoms with Crippen LogP contribution < -0.4 is 20.1 Å². The molecule has 6 rings (SSSR count). The summed E-state index contributed by atoms with van der Waals surface area (Å²) < 4.78 is 12.1. The molecule has 0 spiro atoms. The van der Waals surface area contributed by atoms with Gasteiger partial charge in [-0.05, 0) is 73.4 Å². The van der Waals surface area contributed by atoms with Crippen LogP contribution >= 0.6 is 0 Å². The van der Waals surface area contributed by atoms with E-state index < -0.39 is 24.0 Å². The molecule has 2 atom stereocenters. The van der Waals surface area contributed by atoms with Gasteiger partial charge >= 0.3 is 0 Å². The van der Waals surface area contributed by atoms with Crippen molar-refractivity contribution < 1.29 is 29.0 Å². The molecule has 3 amide bonds. The highest BCUT2D eigenvalue weighted by Gasteiger charge is 2.42. The first-order valence-electron chi connectivity index (χ1n) is 17.1. The zero-order valence-electron chi connectivity index (χ0n) is 29.3. The number of benzene rings is 3. The lowest BCUT2D eigenvalue weighted by Crippen LogP contribution is -2.48. The number of ether oxygens (including phenoxy) is 2. The van der Waals surface area contributed by atoms with Crippen molar-refractivity contribution in [3.63, 3.8) is 0 Å². The molecule has 3 N–H and O–H groups in total. The predicted octanol–water partition coefficient (Wildman–Crippen LogP) is 6.35. The zero-order valence-corrected chi connectivity index (χ0v) is 29.3. The van der Waals surface area contributed by atoms with Crippen LogP contribution in [0.4, 0.5) is 5.69 Å². The number of amides is 3. The Labute approximate surface area is 297 Å². The van der Waals surface area contributed by atoms with Gasteiger partial charge in [-0.2, -0.15) is 0 Å². The molecule has 264 valence electrons. The number of carbonyl (C=O) groups excluding carboxylic acids is 3. The number of anilines is 1. The molecule has 1 aliphatic heterocycles. The first-order valence-corrected chi connectivity index (χ1v) is 17.1. The molecule has 3 aromatic carbocycles. The van der Waals surface area contributed by atoms with Crippen LogP contribution in [0.2, 0.25) is 0 Å². The Hall–Kier alpha value is -5.55. The highest BCUT2D eigenvalue weighted by atomic mass is 16.5. The summed E-state index contributed by atoms with van der Waals surface area (Å²) in [5.74, 6) is 0.496. The smallest absolute Gasteiger partial charge is 0.262 e. The van der Waals surface area contributed by atoms with E-state index in [-0.39, 0.29) is 23.5 Å². The maximum absolute atomic E-state index is 13.3. The van der Waals surface area contributed by atoms with E-state index in [4.69, 9.17) is 9.47 Å². The van der Waals surface area contributed by atoms with Crippen molar-refractivity contribution >= 4 is 23.4 Å². The minimum absolute atomic E-state index is 0.0492. The Balaban J connectivity index is 1.01. The number of aliphatic hydroxyl groups excluding tert-OH is 1. The van der Waals surface area contributed by atoms with Crippen LogP contribution in [0, 0.1) is 0 Å². The lowest BCUT2D eigenvalue weighted by molar-refractivity contribution is -0.124. The summed E-state index contributed by atoms with van der Waals surface area (Å²) in [4.78, 5) is 48.4. The van der Waals surface area contributed by atoms with Gasteiger partial charge in [0.15, 0.2) is 0 Å². The second-order valence-corrected chi connectivity index (χ2v) is 13.5. The van der Waals surface area contributed by atoms with E-state index in [0.29, 0.717) is 41.3 Å². The number of nitrogens with one attached hydrogen (secondary N) is 2. The fourth-order valence-corrected chi connectivity index (χ4v) is 6.43. The summed E-state index contributed by atoms with van der Waals surface area (Å²) in [6.07, 6.45) is 6.41. The Morgan fingerprint density at radius 2 is 1.63 bits per heavy atom. The molecule has 11 heteroatoms. The van der Waals surface area contributed by atoms with Crippen LogP contribution in [0.3, 0.4) is 0 Å². The lowest BCUT2D eigenvalue weighted by atomic mass is 9.78. The zero-order chi connectivity index (χ0) is 36.3. The van der Waals surface area contributed by atoms with Gasteiger partial charge in [0.2, 0.25) is 11.8 Å². The standard InChI is InChI=1S/C40H43N5O6/c1-6-7-8-35(37(47)41-5)45-38(48)32-18-13-27(21-33(32)39(45)49)44-28-19-31(20-28)50-29-14-9-25(10-15-29)40(3,4)26-11-16-30(17-12-26)51-36-23-42-34(22-43-36)24(2)46/h6,9-18,21-24,28,31,35,44,46H,1,7-8,19-20H2,2-5H3,(H,41,47). The lowest BCUT2D eigenvalue weighted by Gasteiger charge is -2.36. The molecular formula is C40H43N5O6. The average Bonchev–Trinajstić information content (AvgIpc) is 3.36. The first kappa shape index (κ1) is 35.3. The van der Waals surface area contributed by atoms with Gasteiger partial charge in [-0.1, -0.05) is 44.2 Å². The third-order valence-electron chi connectivity index (χ3n) is 9.64. The number of hydrogen-bond acceptors (Lipinski definition) is 9. The number of likely N-dealkylation sites (N-methyl/N-ethyl adjacent to an activating group) is 1. The maximum Gasteiger partial charge on any atom is 0.262 e. The summed E-state index contributed by atoms with van der Waals surface area (Å²) in [6, 6.07) is 20.5. The van der Waals surface area contributed by atoms with Gasteiger partial charge in [0.05, 0.1) is 35.3 Å². The molecule has 0 saturated heterocycles. The molecule has 51 heavy (non-hydrogen) atoms. The second kappa shape index (κ2) is 14.7. The van der Waals surface area contributed by atoms with Gasteiger partial charge in [-0.15, -0.1) is 6.58 Å². The highest BCUT2D eigenvalue weighted by molar-refractivity contribution is 6.23. The van der Waals surface area contributed by atoms with Gasteiger partial charge in [0, 0.05) is 37.0 Å².